The van der Waals surface area contributed by atoms with Gasteiger partial charge < -0.3 is 9.73 Å². The van der Waals surface area contributed by atoms with E-state index in [9.17, 15) is 4.79 Å². The number of hydrogen-bond donors (Lipinski definition) is 2. The first kappa shape index (κ1) is 11.0. The summed E-state index contributed by atoms with van der Waals surface area (Å²) in [6.45, 7) is 0. The molecule has 0 unspecified atom stereocenters. The molecule has 90 valence electrons. The maximum absolute atomic E-state index is 11.9. The molecule has 0 radical (unpaired) electrons. The predicted octanol–water partition coefficient (Wildman–Crippen LogP) is 3.17. The van der Waals surface area contributed by atoms with Gasteiger partial charge in [-0.3, -0.25) is 9.89 Å². The molecule has 2 heterocycles. The van der Waals surface area contributed by atoms with E-state index in [0.29, 0.717) is 11.4 Å². The second-order valence-electron chi connectivity index (χ2n) is 3.69. The average molecular weight is 306 g/mol. The zero-order valence-corrected chi connectivity index (χ0v) is 10.7. The van der Waals surface area contributed by atoms with Crippen molar-refractivity contribution in [2.45, 2.75) is 0 Å². The first-order valence-corrected chi connectivity index (χ1v) is 6.02. The smallest absolute Gasteiger partial charge is 0.292 e. The Labute approximate surface area is 110 Å². The molecular formula is C12H8BrN3O2. The molecule has 5 nitrogen and oxygen atoms in total. The van der Waals surface area contributed by atoms with E-state index in [1.54, 1.807) is 18.3 Å². The second kappa shape index (κ2) is 4.30. The fourth-order valence-electron chi connectivity index (χ4n) is 1.65. The van der Waals surface area contributed by atoms with Crippen molar-refractivity contribution in [2.75, 3.05) is 5.32 Å². The number of hydrogen-bond acceptors (Lipinski definition) is 3. The van der Waals surface area contributed by atoms with Crippen LogP contribution in [-0.4, -0.2) is 16.1 Å². The van der Waals surface area contributed by atoms with Crippen LogP contribution in [0.2, 0.25) is 0 Å². The number of carbonyl (C=O) groups is 1. The van der Waals surface area contributed by atoms with E-state index in [0.717, 1.165) is 9.86 Å². The Morgan fingerprint density at radius 1 is 1.39 bits per heavy atom. The van der Waals surface area contributed by atoms with Gasteiger partial charge >= 0.3 is 0 Å². The quantitative estimate of drug-likeness (QED) is 0.764. The van der Waals surface area contributed by atoms with Gasteiger partial charge in [-0.05, 0) is 18.2 Å². The maximum Gasteiger partial charge on any atom is 0.292 e. The molecule has 2 aromatic heterocycles. The van der Waals surface area contributed by atoms with E-state index in [-0.39, 0.29) is 11.7 Å². The minimum atomic E-state index is -0.317. The molecule has 0 saturated carbocycles. The summed E-state index contributed by atoms with van der Waals surface area (Å²) in [6, 6.07) is 8.93. The summed E-state index contributed by atoms with van der Waals surface area (Å²) < 4.78 is 6.38. The Hall–Kier alpha value is -2.08. The van der Waals surface area contributed by atoms with Gasteiger partial charge in [0.25, 0.3) is 5.91 Å². The Bertz CT molecular complexity index is 703. The van der Waals surface area contributed by atoms with E-state index >= 15 is 0 Å². The number of carbonyl (C=O) groups excluding carboxylic acids is 1. The van der Waals surface area contributed by atoms with Crippen LogP contribution in [0.5, 0.6) is 0 Å². The normalized spacial score (nSPS) is 10.7. The summed E-state index contributed by atoms with van der Waals surface area (Å²) in [5, 5.41) is 9.92. The Balaban J connectivity index is 1.94. The van der Waals surface area contributed by atoms with Gasteiger partial charge in [-0.2, -0.15) is 5.10 Å². The first-order valence-electron chi connectivity index (χ1n) is 5.23. The summed E-state index contributed by atoms with van der Waals surface area (Å²) in [6.07, 6.45) is 1.56. The molecular weight excluding hydrogens is 298 g/mol. The van der Waals surface area contributed by atoms with Crippen LogP contribution >= 0.6 is 15.9 Å². The van der Waals surface area contributed by atoms with Gasteiger partial charge in [-0.25, -0.2) is 0 Å². The van der Waals surface area contributed by atoms with Gasteiger partial charge in [-0.15, -0.1) is 0 Å². The molecule has 18 heavy (non-hydrogen) atoms. The number of nitrogens with zero attached hydrogens (tertiary/aromatic N) is 1. The van der Waals surface area contributed by atoms with Crippen molar-refractivity contribution < 1.29 is 9.21 Å². The summed E-state index contributed by atoms with van der Waals surface area (Å²) in [7, 11) is 0. The van der Waals surface area contributed by atoms with E-state index < -0.39 is 0 Å². The SMILES string of the molecule is O=C(Nc1ccn[nH]1)c1cc2c(Br)cccc2o1. The van der Waals surface area contributed by atoms with Crippen molar-refractivity contribution in [3.8, 4) is 0 Å². The molecule has 0 fully saturated rings. The van der Waals surface area contributed by atoms with E-state index in [4.69, 9.17) is 4.42 Å². The molecule has 3 rings (SSSR count). The molecule has 0 saturated heterocycles. The van der Waals surface area contributed by atoms with Crippen LogP contribution in [0.3, 0.4) is 0 Å². The maximum atomic E-state index is 11.9. The van der Waals surface area contributed by atoms with Gasteiger partial charge in [0.05, 0.1) is 6.20 Å². The zero-order chi connectivity index (χ0) is 12.5. The van der Waals surface area contributed by atoms with Crippen molar-refractivity contribution in [2.24, 2.45) is 0 Å². The number of aromatic amines is 1. The number of anilines is 1. The lowest BCUT2D eigenvalue weighted by Crippen LogP contribution is -2.10. The first-order chi connectivity index (χ1) is 8.74. The third-order valence-electron chi connectivity index (χ3n) is 2.48. The molecule has 0 aliphatic heterocycles. The highest BCUT2D eigenvalue weighted by molar-refractivity contribution is 9.10. The number of furan rings is 1. The van der Waals surface area contributed by atoms with E-state index in [1.165, 1.54) is 0 Å². The van der Waals surface area contributed by atoms with Gasteiger partial charge in [0, 0.05) is 15.9 Å². The highest BCUT2D eigenvalue weighted by Crippen LogP contribution is 2.27. The van der Waals surface area contributed by atoms with Gasteiger partial charge in [0.15, 0.2) is 5.76 Å². The van der Waals surface area contributed by atoms with Crippen LogP contribution in [0.15, 0.2) is 45.4 Å². The van der Waals surface area contributed by atoms with Gasteiger partial charge in [-0.1, -0.05) is 22.0 Å². The summed E-state index contributed by atoms with van der Waals surface area (Å²) >= 11 is 3.41. The summed E-state index contributed by atoms with van der Waals surface area (Å²) in [4.78, 5) is 11.9. The molecule has 3 aromatic rings. The largest absolute Gasteiger partial charge is 0.451 e. The van der Waals surface area contributed by atoms with Crippen molar-refractivity contribution in [1.82, 2.24) is 10.2 Å². The third kappa shape index (κ3) is 1.91. The predicted molar refractivity (Wildman–Crippen MR) is 70.5 cm³/mol. The van der Waals surface area contributed by atoms with Crippen molar-refractivity contribution >= 4 is 38.6 Å². The molecule has 0 bridgehead atoms. The second-order valence-corrected chi connectivity index (χ2v) is 4.54. The molecule has 0 spiro atoms. The summed E-state index contributed by atoms with van der Waals surface area (Å²) in [5.74, 6) is 0.466. The molecule has 6 heteroatoms. The van der Waals surface area contributed by atoms with Crippen molar-refractivity contribution in [3.63, 3.8) is 0 Å². The molecule has 1 amide bonds. The highest BCUT2D eigenvalue weighted by atomic mass is 79.9. The molecule has 1 aromatic carbocycles. The lowest BCUT2D eigenvalue weighted by atomic mass is 10.2. The number of fused-ring (bicyclic) bond motifs is 1. The Morgan fingerprint density at radius 2 is 2.28 bits per heavy atom. The summed E-state index contributed by atoms with van der Waals surface area (Å²) in [5.41, 5.74) is 0.666. The lowest BCUT2D eigenvalue weighted by molar-refractivity contribution is 0.0998. The number of amides is 1. The average Bonchev–Trinajstić information content (AvgIpc) is 2.97. The van der Waals surface area contributed by atoms with Crippen LogP contribution in [0.25, 0.3) is 11.0 Å². The number of benzene rings is 1. The molecule has 0 aliphatic carbocycles. The van der Waals surface area contributed by atoms with E-state index in [2.05, 4.69) is 31.4 Å². The van der Waals surface area contributed by atoms with Crippen molar-refractivity contribution in [3.05, 3.63) is 46.8 Å². The van der Waals surface area contributed by atoms with Gasteiger partial charge in [0.2, 0.25) is 0 Å². The van der Waals surface area contributed by atoms with Crippen molar-refractivity contribution in [1.29, 1.82) is 0 Å². The monoisotopic (exact) mass is 305 g/mol. The fraction of sp³-hybridized carbons (Fsp3) is 0. The van der Waals surface area contributed by atoms with Crippen LogP contribution in [0.4, 0.5) is 5.82 Å². The molecule has 0 atom stereocenters. The van der Waals surface area contributed by atoms with Gasteiger partial charge in [0.1, 0.15) is 11.4 Å². The minimum Gasteiger partial charge on any atom is -0.451 e. The number of aromatic nitrogens is 2. The highest BCUT2D eigenvalue weighted by Gasteiger charge is 2.14. The fourth-order valence-corrected chi connectivity index (χ4v) is 2.11. The number of halogens is 1. The Kier molecular flexibility index (Phi) is 2.64. The molecule has 0 aliphatic rings. The van der Waals surface area contributed by atoms with Crippen LogP contribution in [0, 0.1) is 0 Å². The number of nitrogens with one attached hydrogen (secondary N) is 2. The zero-order valence-electron chi connectivity index (χ0n) is 9.11. The van der Waals surface area contributed by atoms with Crippen LogP contribution in [0.1, 0.15) is 10.6 Å². The Morgan fingerprint density at radius 3 is 3.00 bits per heavy atom. The topological polar surface area (TPSA) is 70.9 Å². The molecule has 2 N–H and O–H groups in total. The van der Waals surface area contributed by atoms with Crippen LogP contribution < -0.4 is 5.32 Å². The standard InChI is InChI=1S/C12H8BrN3O2/c13-8-2-1-3-9-7(8)6-10(18-9)12(17)15-11-4-5-14-16-11/h1-6H,(H2,14,15,16,17). The third-order valence-corrected chi connectivity index (χ3v) is 3.17. The lowest BCUT2D eigenvalue weighted by Gasteiger charge is -1.97. The number of H-pyrrole nitrogens is 1. The van der Waals surface area contributed by atoms with Crippen LogP contribution in [-0.2, 0) is 0 Å². The minimum absolute atomic E-state index is 0.256. The van der Waals surface area contributed by atoms with E-state index in [1.807, 2.05) is 18.2 Å². The number of rotatable bonds is 2.